The first-order chi connectivity index (χ1) is 8.15. The van der Waals surface area contributed by atoms with Gasteiger partial charge >= 0.3 is 0 Å². The predicted molar refractivity (Wildman–Crippen MR) is 68.9 cm³/mol. The Morgan fingerprint density at radius 2 is 2.24 bits per heavy atom. The molecule has 96 valence electrons. The maximum Gasteiger partial charge on any atom is 0.246 e. The van der Waals surface area contributed by atoms with Crippen molar-refractivity contribution in [3.63, 3.8) is 0 Å². The van der Waals surface area contributed by atoms with Crippen LogP contribution in [0.5, 0.6) is 0 Å². The SMILES string of the molecule is CCC1NC(=O)C(C)N(C2CCCSC2)C1=O. The van der Waals surface area contributed by atoms with Crippen molar-refractivity contribution < 1.29 is 9.59 Å². The molecule has 2 aliphatic heterocycles. The molecule has 0 aliphatic carbocycles. The zero-order chi connectivity index (χ0) is 12.4. The van der Waals surface area contributed by atoms with E-state index in [0.29, 0.717) is 6.42 Å². The van der Waals surface area contributed by atoms with Crippen LogP contribution in [0.1, 0.15) is 33.1 Å². The van der Waals surface area contributed by atoms with E-state index in [4.69, 9.17) is 0 Å². The van der Waals surface area contributed by atoms with E-state index in [1.54, 1.807) is 0 Å². The fraction of sp³-hybridized carbons (Fsp3) is 0.833. The molecule has 0 aromatic rings. The van der Waals surface area contributed by atoms with Gasteiger partial charge < -0.3 is 10.2 Å². The van der Waals surface area contributed by atoms with Crippen molar-refractivity contribution in [2.24, 2.45) is 0 Å². The molecule has 0 aromatic carbocycles. The predicted octanol–water partition coefficient (Wildman–Crippen LogP) is 1.01. The minimum atomic E-state index is -0.314. The van der Waals surface area contributed by atoms with Gasteiger partial charge in [-0.3, -0.25) is 9.59 Å². The van der Waals surface area contributed by atoms with Gasteiger partial charge in [-0.25, -0.2) is 0 Å². The molecule has 5 heteroatoms. The van der Waals surface area contributed by atoms with Crippen molar-refractivity contribution in [1.29, 1.82) is 0 Å². The van der Waals surface area contributed by atoms with Gasteiger partial charge in [0.05, 0.1) is 0 Å². The number of piperazine rings is 1. The van der Waals surface area contributed by atoms with Gasteiger partial charge in [-0.15, -0.1) is 0 Å². The minimum absolute atomic E-state index is 0.00739. The monoisotopic (exact) mass is 256 g/mol. The zero-order valence-electron chi connectivity index (χ0n) is 10.4. The quantitative estimate of drug-likeness (QED) is 0.802. The third-order valence-corrected chi connectivity index (χ3v) is 4.80. The van der Waals surface area contributed by atoms with Gasteiger partial charge in [-0.05, 0) is 31.9 Å². The fourth-order valence-electron chi connectivity index (χ4n) is 2.57. The molecule has 2 fully saturated rings. The van der Waals surface area contributed by atoms with Crippen LogP contribution in [0.15, 0.2) is 0 Å². The summed E-state index contributed by atoms with van der Waals surface area (Å²) in [6.45, 7) is 3.77. The lowest BCUT2D eigenvalue weighted by Crippen LogP contribution is -2.65. The Morgan fingerprint density at radius 3 is 2.82 bits per heavy atom. The summed E-state index contributed by atoms with van der Waals surface area (Å²) < 4.78 is 0. The van der Waals surface area contributed by atoms with Crippen molar-refractivity contribution in [3.8, 4) is 0 Å². The fourth-order valence-corrected chi connectivity index (χ4v) is 3.70. The third-order valence-electron chi connectivity index (χ3n) is 3.60. The van der Waals surface area contributed by atoms with Crippen LogP contribution in [0, 0.1) is 0 Å². The lowest BCUT2D eigenvalue weighted by Gasteiger charge is -2.43. The van der Waals surface area contributed by atoms with Crippen molar-refractivity contribution in [2.75, 3.05) is 11.5 Å². The molecule has 2 rings (SSSR count). The highest BCUT2D eigenvalue weighted by Gasteiger charge is 2.40. The lowest BCUT2D eigenvalue weighted by atomic mass is 10.0. The molecule has 0 saturated carbocycles. The van der Waals surface area contributed by atoms with E-state index in [1.807, 2.05) is 30.5 Å². The second-order valence-electron chi connectivity index (χ2n) is 4.76. The summed E-state index contributed by atoms with van der Waals surface area (Å²) in [7, 11) is 0. The molecule has 2 aliphatic rings. The van der Waals surface area contributed by atoms with E-state index in [9.17, 15) is 9.59 Å². The van der Waals surface area contributed by atoms with Crippen molar-refractivity contribution >= 4 is 23.6 Å². The molecule has 0 aromatic heterocycles. The average molecular weight is 256 g/mol. The van der Waals surface area contributed by atoms with Gasteiger partial charge in [0, 0.05) is 11.8 Å². The first-order valence-corrected chi connectivity index (χ1v) is 7.51. The highest BCUT2D eigenvalue weighted by molar-refractivity contribution is 7.99. The van der Waals surface area contributed by atoms with Gasteiger partial charge in [0.2, 0.25) is 11.8 Å². The molecule has 17 heavy (non-hydrogen) atoms. The number of nitrogens with zero attached hydrogens (tertiary/aromatic N) is 1. The molecule has 0 spiro atoms. The van der Waals surface area contributed by atoms with Gasteiger partial charge in [-0.2, -0.15) is 11.8 Å². The zero-order valence-corrected chi connectivity index (χ0v) is 11.3. The van der Waals surface area contributed by atoms with E-state index < -0.39 is 0 Å². The Bertz CT molecular complexity index is 316. The molecule has 0 radical (unpaired) electrons. The van der Waals surface area contributed by atoms with Crippen LogP contribution >= 0.6 is 11.8 Å². The minimum Gasteiger partial charge on any atom is -0.343 e. The number of hydrogen-bond acceptors (Lipinski definition) is 3. The van der Waals surface area contributed by atoms with Crippen LogP contribution in [0.25, 0.3) is 0 Å². The number of carbonyl (C=O) groups excluding carboxylic acids is 2. The largest absolute Gasteiger partial charge is 0.343 e. The summed E-state index contributed by atoms with van der Waals surface area (Å²) in [4.78, 5) is 26.0. The number of nitrogens with one attached hydrogen (secondary N) is 1. The van der Waals surface area contributed by atoms with E-state index in [1.165, 1.54) is 5.75 Å². The molecular formula is C12H20N2O2S. The summed E-state index contributed by atoms with van der Waals surface area (Å²) in [5.41, 5.74) is 0. The molecule has 2 heterocycles. The second-order valence-corrected chi connectivity index (χ2v) is 5.91. The van der Waals surface area contributed by atoms with Crippen LogP contribution in [0.2, 0.25) is 0 Å². The van der Waals surface area contributed by atoms with Gasteiger partial charge in [0.1, 0.15) is 12.1 Å². The maximum absolute atomic E-state index is 12.3. The molecule has 2 amide bonds. The Balaban J connectivity index is 2.15. The van der Waals surface area contributed by atoms with Crippen molar-refractivity contribution in [3.05, 3.63) is 0 Å². The van der Waals surface area contributed by atoms with Crippen LogP contribution in [-0.2, 0) is 9.59 Å². The molecule has 0 bridgehead atoms. The van der Waals surface area contributed by atoms with Crippen LogP contribution in [0.4, 0.5) is 0 Å². The van der Waals surface area contributed by atoms with Crippen LogP contribution in [-0.4, -0.2) is 46.3 Å². The molecular weight excluding hydrogens is 236 g/mol. The van der Waals surface area contributed by atoms with Crippen LogP contribution < -0.4 is 5.32 Å². The smallest absolute Gasteiger partial charge is 0.246 e. The van der Waals surface area contributed by atoms with E-state index in [-0.39, 0.29) is 29.9 Å². The lowest BCUT2D eigenvalue weighted by molar-refractivity contribution is -0.151. The summed E-state index contributed by atoms with van der Waals surface area (Å²) in [6.07, 6.45) is 2.85. The number of thioether (sulfide) groups is 1. The standard InChI is InChI=1S/C12H20N2O2S/c1-3-10-12(16)14(8(2)11(15)13-10)9-5-4-6-17-7-9/h8-10H,3-7H2,1-2H3,(H,13,15). The number of amides is 2. The summed E-state index contributed by atoms with van der Waals surface area (Å²) in [6, 6.07) is -0.379. The van der Waals surface area contributed by atoms with E-state index in [2.05, 4.69) is 5.32 Å². The topological polar surface area (TPSA) is 49.4 Å². The first-order valence-electron chi connectivity index (χ1n) is 6.35. The number of hydrogen-bond donors (Lipinski definition) is 1. The molecule has 3 atom stereocenters. The number of carbonyl (C=O) groups is 2. The normalized spacial score (nSPS) is 34.7. The Labute approximate surface area is 106 Å². The third kappa shape index (κ3) is 2.44. The summed E-state index contributed by atoms with van der Waals surface area (Å²) >= 11 is 1.89. The van der Waals surface area contributed by atoms with Crippen LogP contribution in [0.3, 0.4) is 0 Å². The van der Waals surface area contributed by atoms with E-state index in [0.717, 1.165) is 18.6 Å². The molecule has 2 saturated heterocycles. The molecule has 4 nitrogen and oxygen atoms in total. The Kier molecular flexibility index (Phi) is 3.97. The van der Waals surface area contributed by atoms with Crippen molar-refractivity contribution in [2.45, 2.75) is 51.2 Å². The van der Waals surface area contributed by atoms with Crippen molar-refractivity contribution in [1.82, 2.24) is 10.2 Å². The second kappa shape index (κ2) is 5.29. The average Bonchev–Trinajstić information content (AvgIpc) is 2.35. The molecule has 1 N–H and O–H groups in total. The summed E-state index contributed by atoms with van der Waals surface area (Å²) in [5, 5.41) is 2.80. The van der Waals surface area contributed by atoms with Gasteiger partial charge in [0.25, 0.3) is 0 Å². The number of rotatable bonds is 2. The Morgan fingerprint density at radius 1 is 1.47 bits per heavy atom. The highest BCUT2D eigenvalue weighted by Crippen LogP contribution is 2.25. The molecule has 3 unspecified atom stereocenters. The maximum atomic E-state index is 12.3. The van der Waals surface area contributed by atoms with Gasteiger partial charge in [0.15, 0.2) is 0 Å². The van der Waals surface area contributed by atoms with E-state index >= 15 is 0 Å². The summed E-state index contributed by atoms with van der Waals surface area (Å²) in [5.74, 6) is 2.25. The van der Waals surface area contributed by atoms with Gasteiger partial charge in [-0.1, -0.05) is 6.92 Å². The first kappa shape index (κ1) is 12.7. The highest BCUT2D eigenvalue weighted by atomic mass is 32.2. The Hall–Kier alpha value is -0.710.